The molecular formula is C21H24BrN3O4S. The minimum Gasteiger partial charge on any atom is -0.326 e. The molecule has 0 radical (unpaired) electrons. The van der Waals surface area contributed by atoms with Crippen molar-refractivity contribution in [2.45, 2.75) is 37.6 Å². The Bertz CT molecular complexity index is 1080. The zero-order valence-electron chi connectivity index (χ0n) is 17.0. The molecule has 9 heteroatoms. The molecule has 2 aromatic carbocycles. The number of carbonyl (C=O) groups excluding carboxylic acids is 2. The molecule has 1 unspecified atom stereocenters. The third-order valence-electron chi connectivity index (χ3n) is 4.49. The van der Waals surface area contributed by atoms with Crippen LogP contribution in [0, 0.1) is 5.92 Å². The van der Waals surface area contributed by atoms with Gasteiger partial charge in [0.1, 0.15) is 0 Å². The quantitative estimate of drug-likeness (QED) is 0.665. The minimum atomic E-state index is -3.72. The van der Waals surface area contributed by atoms with Crippen LogP contribution in [-0.2, 0) is 19.6 Å². The van der Waals surface area contributed by atoms with E-state index in [2.05, 4.69) is 26.0 Å². The summed E-state index contributed by atoms with van der Waals surface area (Å²) in [6.07, 6.45) is 0.0940. The average Bonchev–Trinajstić information content (AvgIpc) is 3.02. The fraction of sp³-hybridized carbons (Fsp3) is 0.333. The molecule has 1 saturated heterocycles. The third kappa shape index (κ3) is 5.27. The Labute approximate surface area is 185 Å². The maximum atomic E-state index is 12.7. The Kier molecular flexibility index (Phi) is 6.35. The highest BCUT2D eigenvalue weighted by Gasteiger charge is 2.36. The molecular weight excluding hydrogens is 470 g/mol. The third-order valence-corrected chi connectivity index (χ3v) is 6.92. The van der Waals surface area contributed by atoms with E-state index in [0.717, 1.165) is 10.2 Å². The van der Waals surface area contributed by atoms with Crippen molar-refractivity contribution in [3.8, 4) is 0 Å². The van der Waals surface area contributed by atoms with Crippen LogP contribution >= 0.6 is 15.9 Å². The standard InChI is InChI=1S/C21H24BrN3O4S/c1-21(2,3)24-30(28,29)16-8-6-7-15(12-16)23-20(27)14-11-19(26)25(13-14)18-10-5-4-9-17(18)22/h4-10,12,14,24H,11,13H2,1-3H3,(H,23,27). The molecule has 0 aliphatic carbocycles. The van der Waals surface area contributed by atoms with Crippen LogP contribution < -0.4 is 14.9 Å². The van der Waals surface area contributed by atoms with Gasteiger partial charge in [0.2, 0.25) is 21.8 Å². The van der Waals surface area contributed by atoms with E-state index in [1.54, 1.807) is 37.8 Å². The predicted octanol–water partition coefficient (Wildman–Crippen LogP) is 3.52. The highest BCUT2D eigenvalue weighted by Crippen LogP contribution is 2.31. The van der Waals surface area contributed by atoms with Crippen molar-refractivity contribution in [2.24, 2.45) is 5.92 Å². The zero-order valence-corrected chi connectivity index (χ0v) is 19.4. The second kappa shape index (κ2) is 8.49. The molecule has 0 saturated carbocycles. The van der Waals surface area contributed by atoms with Gasteiger partial charge in [-0.1, -0.05) is 18.2 Å². The summed E-state index contributed by atoms with van der Waals surface area (Å²) < 4.78 is 28.4. The Morgan fingerprint density at radius 2 is 1.83 bits per heavy atom. The molecule has 2 aromatic rings. The van der Waals surface area contributed by atoms with E-state index in [0.29, 0.717) is 5.69 Å². The summed E-state index contributed by atoms with van der Waals surface area (Å²) in [4.78, 5) is 26.8. The van der Waals surface area contributed by atoms with Crippen molar-refractivity contribution in [1.82, 2.24) is 4.72 Å². The summed E-state index contributed by atoms with van der Waals surface area (Å²) in [6, 6.07) is 13.4. The second-order valence-corrected chi connectivity index (χ2v) is 10.8. The van der Waals surface area contributed by atoms with E-state index in [4.69, 9.17) is 0 Å². The average molecular weight is 494 g/mol. The molecule has 1 aliphatic rings. The number of anilines is 2. The molecule has 2 N–H and O–H groups in total. The molecule has 0 aromatic heterocycles. The largest absolute Gasteiger partial charge is 0.326 e. The van der Waals surface area contributed by atoms with Crippen LogP contribution in [-0.4, -0.2) is 32.3 Å². The number of halogens is 1. The summed E-state index contributed by atoms with van der Waals surface area (Å²) >= 11 is 3.43. The van der Waals surface area contributed by atoms with E-state index >= 15 is 0 Å². The maximum Gasteiger partial charge on any atom is 0.241 e. The molecule has 2 amide bonds. The minimum absolute atomic E-state index is 0.0626. The predicted molar refractivity (Wildman–Crippen MR) is 120 cm³/mol. The van der Waals surface area contributed by atoms with Gasteiger partial charge < -0.3 is 10.2 Å². The zero-order chi connectivity index (χ0) is 22.1. The molecule has 0 bridgehead atoms. The first-order valence-corrected chi connectivity index (χ1v) is 11.7. The lowest BCUT2D eigenvalue weighted by Crippen LogP contribution is -2.40. The molecule has 1 aliphatic heterocycles. The van der Waals surface area contributed by atoms with Crippen molar-refractivity contribution in [1.29, 1.82) is 0 Å². The van der Waals surface area contributed by atoms with E-state index in [1.165, 1.54) is 12.1 Å². The number of nitrogens with one attached hydrogen (secondary N) is 2. The second-order valence-electron chi connectivity index (χ2n) is 8.23. The van der Waals surface area contributed by atoms with Gasteiger partial charge in [0, 0.05) is 28.7 Å². The first-order valence-electron chi connectivity index (χ1n) is 9.46. The molecule has 1 atom stereocenters. The van der Waals surface area contributed by atoms with Crippen molar-refractivity contribution in [3.63, 3.8) is 0 Å². The molecule has 1 heterocycles. The highest BCUT2D eigenvalue weighted by molar-refractivity contribution is 9.10. The van der Waals surface area contributed by atoms with E-state index in [-0.39, 0.29) is 29.7 Å². The summed E-state index contributed by atoms with van der Waals surface area (Å²) in [5, 5.41) is 2.74. The van der Waals surface area contributed by atoms with E-state index in [9.17, 15) is 18.0 Å². The number of nitrogens with zero attached hydrogens (tertiary/aromatic N) is 1. The van der Waals surface area contributed by atoms with Crippen LogP contribution in [0.15, 0.2) is 57.9 Å². The monoisotopic (exact) mass is 493 g/mol. The number of hydrogen-bond acceptors (Lipinski definition) is 4. The van der Waals surface area contributed by atoms with Gasteiger partial charge in [0.05, 0.1) is 16.5 Å². The van der Waals surface area contributed by atoms with Gasteiger partial charge in [-0.2, -0.15) is 0 Å². The smallest absolute Gasteiger partial charge is 0.241 e. The van der Waals surface area contributed by atoms with Gasteiger partial charge in [0.25, 0.3) is 0 Å². The fourth-order valence-electron chi connectivity index (χ4n) is 3.23. The highest BCUT2D eigenvalue weighted by atomic mass is 79.9. The van der Waals surface area contributed by atoms with Gasteiger partial charge in [-0.15, -0.1) is 0 Å². The Balaban J connectivity index is 1.73. The Morgan fingerprint density at radius 3 is 2.50 bits per heavy atom. The van der Waals surface area contributed by atoms with Crippen LogP contribution in [0.5, 0.6) is 0 Å². The van der Waals surface area contributed by atoms with Crippen LogP contribution in [0.2, 0.25) is 0 Å². The van der Waals surface area contributed by atoms with Crippen molar-refractivity contribution < 1.29 is 18.0 Å². The number of rotatable bonds is 5. The lowest BCUT2D eigenvalue weighted by Gasteiger charge is -2.20. The Morgan fingerprint density at radius 1 is 1.13 bits per heavy atom. The SMILES string of the molecule is CC(C)(C)NS(=O)(=O)c1cccc(NC(=O)C2CC(=O)N(c3ccccc3Br)C2)c1. The van der Waals surface area contributed by atoms with Gasteiger partial charge >= 0.3 is 0 Å². The van der Waals surface area contributed by atoms with Crippen molar-refractivity contribution in [3.05, 3.63) is 53.0 Å². The number of carbonyl (C=O) groups is 2. The van der Waals surface area contributed by atoms with Crippen molar-refractivity contribution >= 4 is 49.1 Å². The molecule has 30 heavy (non-hydrogen) atoms. The number of para-hydroxylation sites is 1. The topological polar surface area (TPSA) is 95.6 Å². The maximum absolute atomic E-state index is 12.7. The first kappa shape index (κ1) is 22.5. The lowest BCUT2D eigenvalue weighted by molar-refractivity contribution is -0.122. The van der Waals surface area contributed by atoms with E-state index < -0.39 is 21.5 Å². The van der Waals surface area contributed by atoms with Gasteiger partial charge in [0.15, 0.2) is 0 Å². The molecule has 7 nitrogen and oxygen atoms in total. The molecule has 0 spiro atoms. The molecule has 3 rings (SSSR count). The van der Waals surface area contributed by atoms with E-state index in [1.807, 2.05) is 24.3 Å². The molecule has 160 valence electrons. The number of hydrogen-bond donors (Lipinski definition) is 2. The van der Waals surface area contributed by atoms with Gasteiger partial charge in [-0.25, -0.2) is 13.1 Å². The van der Waals surface area contributed by atoms with Crippen LogP contribution in [0.1, 0.15) is 27.2 Å². The van der Waals surface area contributed by atoms with Crippen LogP contribution in [0.4, 0.5) is 11.4 Å². The summed E-state index contributed by atoms with van der Waals surface area (Å²) in [7, 11) is -3.72. The lowest BCUT2D eigenvalue weighted by atomic mass is 10.1. The number of sulfonamides is 1. The van der Waals surface area contributed by atoms with Gasteiger partial charge in [-0.05, 0) is 67.0 Å². The fourth-order valence-corrected chi connectivity index (χ4v) is 5.20. The Hall–Kier alpha value is -2.23. The van der Waals surface area contributed by atoms with Crippen LogP contribution in [0.25, 0.3) is 0 Å². The summed E-state index contributed by atoms with van der Waals surface area (Å²) in [6.45, 7) is 5.52. The summed E-state index contributed by atoms with van der Waals surface area (Å²) in [5.74, 6) is -0.985. The van der Waals surface area contributed by atoms with Crippen molar-refractivity contribution in [2.75, 3.05) is 16.8 Å². The first-order chi connectivity index (χ1) is 14.0. The van der Waals surface area contributed by atoms with Crippen LogP contribution in [0.3, 0.4) is 0 Å². The number of amides is 2. The number of benzene rings is 2. The van der Waals surface area contributed by atoms with Gasteiger partial charge in [-0.3, -0.25) is 9.59 Å². The summed E-state index contributed by atoms with van der Waals surface area (Å²) in [5.41, 5.74) is 0.458. The normalized spacial score (nSPS) is 17.3. The molecule has 1 fully saturated rings.